The van der Waals surface area contributed by atoms with Crippen LogP contribution in [0.2, 0.25) is 0 Å². The number of rotatable bonds is 6. The Kier molecular flexibility index (Phi) is 6.02. The lowest BCUT2D eigenvalue weighted by Gasteiger charge is -2.48. The van der Waals surface area contributed by atoms with Gasteiger partial charge in [-0.2, -0.15) is 5.01 Å². The number of hydrogen-bond acceptors (Lipinski definition) is 5. The number of carboxylic acids is 1. The number of carboxylic acid groups (broad SMARTS) is 1. The van der Waals surface area contributed by atoms with Crippen LogP contribution in [0.4, 0.5) is 0 Å². The fourth-order valence-corrected chi connectivity index (χ4v) is 4.59. The van der Waals surface area contributed by atoms with Crippen molar-refractivity contribution in [1.82, 2.24) is 14.6 Å². The van der Waals surface area contributed by atoms with E-state index in [1.165, 1.54) is 15.8 Å². The standard InChI is InChI=1S/C25H25N3O5/c1-3-27-23(19(16-11-7-5-8-12-16)17-13-9-6-10-14-17)26-15-18(25(32)33)21(29)22(30)20(26)24(31)28(27)4-2/h5-15,19,23,30H,3-4H2,1-2H3,(H,32,33). The van der Waals surface area contributed by atoms with Crippen molar-refractivity contribution in [2.75, 3.05) is 13.1 Å². The van der Waals surface area contributed by atoms with Crippen molar-refractivity contribution < 1.29 is 19.8 Å². The molecule has 2 heterocycles. The third kappa shape index (κ3) is 3.68. The molecular weight excluding hydrogens is 422 g/mol. The monoisotopic (exact) mass is 447 g/mol. The van der Waals surface area contributed by atoms with Gasteiger partial charge in [-0.1, -0.05) is 67.6 Å². The SMILES string of the molecule is CCN1C(=O)c2c(O)c(=O)c(C(=O)O)cn2C(C(c2ccccc2)c2ccccc2)N1CC. The van der Waals surface area contributed by atoms with Gasteiger partial charge in [0.25, 0.3) is 5.91 Å². The number of carbonyl (C=O) groups excluding carboxylic acids is 1. The molecule has 1 unspecified atom stereocenters. The maximum atomic E-state index is 13.3. The summed E-state index contributed by atoms with van der Waals surface area (Å²) in [5.41, 5.74) is 0.0169. The van der Waals surface area contributed by atoms with Crippen molar-refractivity contribution in [3.05, 3.63) is 99.5 Å². The smallest absolute Gasteiger partial charge is 0.341 e. The molecule has 3 aromatic rings. The van der Waals surface area contributed by atoms with Gasteiger partial charge >= 0.3 is 5.97 Å². The van der Waals surface area contributed by atoms with Gasteiger partial charge in [0.1, 0.15) is 11.7 Å². The Bertz CT molecular complexity index is 1200. The molecular formula is C25H25N3O5. The highest BCUT2D eigenvalue weighted by Gasteiger charge is 2.43. The number of hydrazine groups is 1. The number of aromatic hydroxyl groups is 1. The van der Waals surface area contributed by atoms with Crippen LogP contribution in [0.15, 0.2) is 71.7 Å². The van der Waals surface area contributed by atoms with Crippen molar-refractivity contribution in [2.24, 2.45) is 0 Å². The van der Waals surface area contributed by atoms with Crippen LogP contribution in [0.1, 0.15) is 57.9 Å². The summed E-state index contributed by atoms with van der Waals surface area (Å²) < 4.78 is 1.45. The van der Waals surface area contributed by atoms with Gasteiger partial charge in [-0.3, -0.25) is 14.6 Å². The van der Waals surface area contributed by atoms with Crippen LogP contribution in [0.5, 0.6) is 5.75 Å². The van der Waals surface area contributed by atoms with Gasteiger partial charge in [0, 0.05) is 25.2 Å². The van der Waals surface area contributed by atoms with Crippen LogP contribution in [-0.4, -0.2) is 49.8 Å². The Balaban J connectivity index is 2.08. The Morgan fingerprint density at radius 2 is 1.48 bits per heavy atom. The minimum absolute atomic E-state index is 0.210. The lowest BCUT2D eigenvalue weighted by molar-refractivity contribution is -0.0763. The predicted octanol–water partition coefficient (Wildman–Crippen LogP) is 3.30. The first kappa shape index (κ1) is 22.3. The molecule has 0 bridgehead atoms. The molecule has 8 heteroatoms. The number of carbonyl (C=O) groups is 2. The second-order valence-corrected chi connectivity index (χ2v) is 7.77. The maximum absolute atomic E-state index is 13.3. The molecule has 1 amide bonds. The molecule has 1 atom stereocenters. The number of nitrogens with zero attached hydrogens (tertiary/aromatic N) is 3. The average Bonchev–Trinajstić information content (AvgIpc) is 2.83. The quantitative estimate of drug-likeness (QED) is 0.601. The first-order valence-corrected chi connectivity index (χ1v) is 10.8. The van der Waals surface area contributed by atoms with E-state index in [1.54, 1.807) is 0 Å². The number of fused-ring (bicyclic) bond motifs is 1. The topological polar surface area (TPSA) is 103 Å². The van der Waals surface area contributed by atoms with E-state index < -0.39 is 34.8 Å². The molecule has 0 spiro atoms. The van der Waals surface area contributed by atoms with Crippen molar-refractivity contribution in [2.45, 2.75) is 25.9 Å². The van der Waals surface area contributed by atoms with Crippen LogP contribution in [-0.2, 0) is 0 Å². The molecule has 0 saturated carbocycles. The van der Waals surface area contributed by atoms with Gasteiger partial charge < -0.3 is 14.8 Å². The Labute approximate surface area is 190 Å². The van der Waals surface area contributed by atoms with Crippen LogP contribution in [0, 0.1) is 0 Å². The normalized spacial score (nSPS) is 16.2. The summed E-state index contributed by atoms with van der Waals surface area (Å²) in [5, 5.41) is 23.7. The molecule has 0 saturated heterocycles. The van der Waals surface area contributed by atoms with E-state index in [0.717, 1.165) is 11.1 Å². The molecule has 8 nitrogen and oxygen atoms in total. The summed E-state index contributed by atoms with van der Waals surface area (Å²) in [6.45, 7) is 4.47. The van der Waals surface area contributed by atoms with Crippen molar-refractivity contribution in [3.63, 3.8) is 0 Å². The highest BCUT2D eigenvalue weighted by molar-refractivity contribution is 5.97. The minimum Gasteiger partial charge on any atom is -0.503 e. The Morgan fingerprint density at radius 3 is 1.94 bits per heavy atom. The Morgan fingerprint density at radius 1 is 0.939 bits per heavy atom. The lowest BCUT2D eigenvalue weighted by atomic mass is 9.87. The van der Waals surface area contributed by atoms with Crippen LogP contribution in [0.25, 0.3) is 0 Å². The minimum atomic E-state index is -1.46. The zero-order valence-electron chi connectivity index (χ0n) is 18.4. The highest BCUT2D eigenvalue weighted by Crippen LogP contribution is 2.42. The summed E-state index contributed by atoms with van der Waals surface area (Å²) in [4.78, 5) is 37.7. The van der Waals surface area contributed by atoms with E-state index in [2.05, 4.69) is 0 Å². The molecule has 0 fully saturated rings. The summed E-state index contributed by atoms with van der Waals surface area (Å²) in [6.07, 6.45) is 0.564. The summed E-state index contributed by atoms with van der Waals surface area (Å²) in [5.74, 6) is -3.20. The summed E-state index contributed by atoms with van der Waals surface area (Å²) in [6, 6.07) is 19.4. The number of amides is 1. The molecule has 33 heavy (non-hydrogen) atoms. The first-order valence-electron chi connectivity index (χ1n) is 10.8. The van der Waals surface area contributed by atoms with Crippen LogP contribution < -0.4 is 5.43 Å². The molecule has 4 rings (SSSR count). The number of hydrogen-bond donors (Lipinski definition) is 2. The van der Waals surface area contributed by atoms with E-state index in [0.29, 0.717) is 13.1 Å². The number of likely N-dealkylation sites (N-methyl/N-ethyl adjacent to an activating group) is 1. The Hall–Kier alpha value is -3.91. The van der Waals surface area contributed by atoms with Crippen LogP contribution >= 0.6 is 0 Å². The average molecular weight is 447 g/mol. The van der Waals surface area contributed by atoms with Gasteiger partial charge in [-0.15, -0.1) is 0 Å². The zero-order chi connectivity index (χ0) is 23.7. The zero-order valence-corrected chi connectivity index (χ0v) is 18.4. The number of benzene rings is 2. The fourth-order valence-electron chi connectivity index (χ4n) is 4.59. The number of aromatic nitrogens is 1. The summed E-state index contributed by atoms with van der Waals surface area (Å²) in [7, 11) is 0. The van der Waals surface area contributed by atoms with Gasteiger partial charge in [0.05, 0.1) is 0 Å². The van der Waals surface area contributed by atoms with Gasteiger partial charge in [-0.25, -0.2) is 4.79 Å². The van der Waals surface area contributed by atoms with E-state index in [9.17, 15) is 24.6 Å². The molecule has 2 aromatic carbocycles. The van der Waals surface area contributed by atoms with Gasteiger partial charge in [-0.05, 0) is 18.1 Å². The molecule has 1 aliphatic rings. The third-order valence-corrected chi connectivity index (χ3v) is 6.02. The second kappa shape index (κ2) is 8.91. The van der Waals surface area contributed by atoms with Gasteiger partial charge in [0.2, 0.25) is 5.43 Å². The molecule has 0 aliphatic carbocycles. The summed E-state index contributed by atoms with van der Waals surface area (Å²) >= 11 is 0. The highest BCUT2D eigenvalue weighted by atomic mass is 16.4. The van der Waals surface area contributed by atoms with E-state index in [1.807, 2.05) is 79.5 Å². The molecule has 2 N–H and O–H groups in total. The van der Waals surface area contributed by atoms with E-state index >= 15 is 0 Å². The van der Waals surface area contributed by atoms with Crippen molar-refractivity contribution in [1.29, 1.82) is 0 Å². The van der Waals surface area contributed by atoms with E-state index in [-0.39, 0.29) is 11.6 Å². The van der Waals surface area contributed by atoms with Gasteiger partial charge in [0.15, 0.2) is 11.4 Å². The van der Waals surface area contributed by atoms with E-state index in [4.69, 9.17) is 0 Å². The maximum Gasteiger partial charge on any atom is 0.341 e. The molecule has 0 radical (unpaired) electrons. The molecule has 1 aromatic heterocycles. The van der Waals surface area contributed by atoms with Crippen molar-refractivity contribution >= 4 is 11.9 Å². The second-order valence-electron chi connectivity index (χ2n) is 7.77. The molecule has 1 aliphatic heterocycles. The van der Waals surface area contributed by atoms with Crippen LogP contribution in [0.3, 0.4) is 0 Å². The molecule has 170 valence electrons. The predicted molar refractivity (Wildman–Crippen MR) is 122 cm³/mol. The fraction of sp³-hybridized carbons (Fsp3) is 0.240. The third-order valence-electron chi connectivity index (χ3n) is 6.02. The lowest BCUT2D eigenvalue weighted by Crippen LogP contribution is -2.56. The first-order chi connectivity index (χ1) is 15.9. The van der Waals surface area contributed by atoms with Crippen molar-refractivity contribution in [3.8, 4) is 5.75 Å². The number of aromatic carboxylic acids is 1. The largest absolute Gasteiger partial charge is 0.503 e. The number of pyridine rings is 1.